The van der Waals surface area contributed by atoms with E-state index in [0.717, 1.165) is 11.1 Å². The van der Waals surface area contributed by atoms with Crippen LogP contribution in [-0.4, -0.2) is 46.3 Å². The Kier molecular flexibility index (Phi) is 9.28. The lowest BCUT2D eigenvalue weighted by Gasteiger charge is -2.13. The van der Waals surface area contributed by atoms with Crippen molar-refractivity contribution in [3.63, 3.8) is 0 Å². The highest BCUT2D eigenvalue weighted by Crippen LogP contribution is 2.27. The lowest BCUT2D eigenvalue weighted by Crippen LogP contribution is -2.23. The van der Waals surface area contributed by atoms with Gasteiger partial charge in [-0.3, -0.25) is 0 Å². The van der Waals surface area contributed by atoms with E-state index in [2.05, 4.69) is 5.32 Å². The molecule has 3 aromatic rings. The highest BCUT2D eigenvalue weighted by atomic mass is 35.5. The van der Waals surface area contributed by atoms with Crippen LogP contribution in [0, 0.1) is 0 Å². The Morgan fingerprint density at radius 2 is 1.77 bits per heavy atom. The molecule has 0 aliphatic heterocycles. The van der Waals surface area contributed by atoms with Crippen molar-refractivity contribution in [1.82, 2.24) is 5.32 Å². The highest BCUT2D eigenvalue weighted by molar-refractivity contribution is 7.91. The molecule has 0 radical (unpaired) electrons. The summed E-state index contributed by atoms with van der Waals surface area (Å²) < 4.78 is 36.4. The van der Waals surface area contributed by atoms with Crippen molar-refractivity contribution in [1.29, 1.82) is 0 Å². The molecule has 35 heavy (non-hydrogen) atoms. The number of sulfone groups is 1. The highest BCUT2D eigenvalue weighted by Gasteiger charge is 2.22. The molecule has 0 aromatic heterocycles. The number of esters is 1. The second kappa shape index (κ2) is 12.2. The van der Waals surface area contributed by atoms with E-state index in [1.54, 1.807) is 49.4 Å². The molecule has 0 saturated carbocycles. The maximum Gasteiger partial charge on any atom is 0.341 e. The van der Waals surface area contributed by atoms with Crippen molar-refractivity contribution in [2.75, 3.05) is 26.8 Å². The normalized spacial score (nSPS) is 12.2. The Bertz CT molecular complexity index is 1260. The van der Waals surface area contributed by atoms with Crippen LogP contribution in [0.1, 0.15) is 34.5 Å². The molecule has 0 spiro atoms. The number of halogens is 1. The molecule has 0 aliphatic rings. The Labute approximate surface area is 210 Å². The van der Waals surface area contributed by atoms with Crippen molar-refractivity contribution < 1.29 is 27.8 Å². The molecule has 2 N–H and O–H groups in total. The van der Waals surface area contributed by atoms with Crippen LogP contribution in [0.4, 0.5) is 0 Å². The van der Waals surface area contributed by atoms with Crippen molar-refractivity contribution in [2.45, 2.75) is 29.2 Å². The van der Waals surface area contributed by atoms with E-state index in [4.69, 9.17) is 21.1 Å². The van der Waals surface area contributed by atoms with Crippen LogP contribution in [-0.2, 0) is 21.0 Å². The average molecular weight is 518 g/mol. The first-order chi connectivity index (χ1) is 16.8. The SMILES string of the molecule is CCOC(=O)c1cc(S(=O)(=O)c2ccc(CCNC[C@@H](O)c3cccc(Cl)c3)cc2)ccc1OC. The Morgan fingerprint density at radius 1 is 1.06 bits per heavy atom. The molecule has 0 bridgehead atoms. The smallest absolute Gasteiger partial charge is 0.341 e. The number of nitrogens with one attached hydrogen (secondary N) is 1. The molecule has 0 unspecified atom stereocenters. The van der Waals surface area contributed by atoms with E-state index in [9.17, 15) is 18.3 Å². The molecule has 9 heteroatoms. The summed E-state index contributed by atoms with van der Waals surface area (Å²) in [6.07, 6.45) is -0.0248. The first-order valence-electron chi connectivity index (χ1n) is 11.1. The number of aliphatic hydroxyl groups is 1. The molecule has 1 atom stereocenters. The molecule has 3 aromatic carbocycles. The Balaban J connectivity index is 1.63. The predicted octanol–water partition coefficient (Wildman–Crippen LogP) is 4.22. The summed E-state index contributed by atoms with van der Waals surface area (Å²) in [6, 6.07) is 17.8. The predicted molar refractivity (Wildman–Crippen MR) is 134 cm³/mol. The number of hydrogen-bond acceptors (Lipinski definition) is 7. The largest absolute Gasteiger partial charge is 0.496 e. The number of carbonyl (C=O) groups is 1. The van der Waals surface area contributed by atoms with Gasteiger partial charge in [-0.05, 0) is 73.5 Å². The van der Waals surface area contributed by atoms with Crippen LogP contribution in [0.25, 0.3) is 0 Å². The van der Waals surface area contributed by atoms with Gasteiger partial charge in [-0.15, -0.1) is 0 Å². The zero-order valence-corrected chi connectivity index (χ0v) is 21.1. The van der Waals surface area contributed by atoms with Gasteiger partial charge < -0.3 is 19.9 Å². The molecule has 186 valence electrons. The molecular formula is C26H28ClNO6S. The lowest BCUT2D eigenvalue weighted by atomic mass is 10.1. The summed E-state index contributed by atoms with van der Waals surface area (Å²) >= 11 is 5.96. The minimum absolute atomic E-state index is 0.0224. The van der Waals surface area contributed by atoms with Gasteiger partial charge in [0.1, 0.15) is 11.3 Å². The molecule has 7 nitrogen and oxygen atoms in total. The van der Waals surface area contributed by atoms with Crippen LogP contribution in [0.5, 0.6) is 5.75 Å². The van der Waals surface area contributed by atoms with E-state index >= 15 is 0 Å². The molecule has 0 fully saturated rings. The summed E-state index contributed by atoms with van der Waals surface area (Å²) in [4.78, 5) is 12.3. The number of carbonyl (C=O) groups excluding carboxylic acids is 1. The second-order valence-corrected chi connectivity index (χ2v) is 10.1. The van der Waals surface area contributed by atoms with Gasteiger partial charge in [0.2, 0.25) is 9.84 Å². The third kappa shape index (κ3) is 6.82. The Morgan fingerprint density at radius 3 is 2.43 bits per heavy atom. The van der Waals surface area contributed by atoms with Crippen LogP contribution in [0.15, 0.2) is 76.5 Å². The fraction of sp³-hybridized carbons (Fsp3) is 0.269. The molecule has 0 saturated heterocycles. The molecule has 0 heterocycles. The van der Waals surface area contributed by atoms with Crippen LogP contribution in [0.2, 0.25) is 5.02 Å². The van der Waals surface area contributed by atoms with Crippen molar-refractivity contribution >= 4 is 27.4 Å². The quantitative estimate of drug-likeness (QED) is 0.290. The second-order valence-electron chi connectivity index (χ2n) is 7.75. The van der Waals surface area contributed by atoms with E-state index < -0.39 is 21.9 Å². The topological polar surface area (TPSA) is 102 Å². The number of rotatable bonds is 11. The monoisotopic (exact) mass is 517 g/mol. The van der Waals surface area contributed by atoms with Gasteiger partial charge >= 0.3 is 5.97 Å². The minimum atomic E-state index is -3.85. The lowest BCUT2D eigenvalue weighted by molar-refractivity contribution is 0.0522. The van der Waals surface area contributed by atoms with Crippen molar-refractivity contribution in [3.8, 4) is 5.75 Å². The van der Waals surface area contributed by atoms with Gasteiger partial charge in [0, 0.05) is 11.6 Å². The molecule has 0 aliphatic carbocycles. The third-order valence-corrected chi connectivity index (χ3v) is 7.37. The van der Waals surface area contributed by atoms with Gasteiger partial charge in [-0.1, -0.05) is 35.9 Å². The van der Waals surface area contributed by atoms with Crippen molar-refractivity contribution in [3.05, 3.63) is 88.4 Å². The summed E-state index contributed by atoms with van der Waals surface area (Å²) in [7, 11) is -2.44. The van der Waals surface area contributed by atoms with Gasteiger partial charge in [-0.25, -0.2) is 13.2 Å². The van der Waals surface area contributed by atoms with Gasteiger partial charge in [0.25, 0.3) is 0 Å². The zero-order valence-electron chi connectivity index (χ0n) is 19.5. The van der Waals surface area contributed by atoms with Gasteiger partial charge in [-0.2, -0.15) is 0 Å². The van der Waals surface area contributed by atoms with E-state index in [1.807, 2.05) is 6.07 Å². The van der Waals surface area contributed by atoms with Gasteiger partial charge in [0.05, 0.1) is 29.6 Å². The van der Waals surface area contributed by atoms with Crippen LogP contribution < -0.4 is 10.1 Å². The number of hydrogen-bond donors (Lipinski definition) is 2. The van der Waals surface area contributed by atoms with Crippen LogP contribution >= 0.6 is 11.6 Å². The average Bonchev–Trinajstić information content (AvgIpc) is 2.86. The first-order valence-corrected chi connectivity index (χ1v) is 13.0. The molecule has 0 amide bonds. The number of methoxy groups -OCH3 is 1. The first kappa shape index (κ1) is 26.7. The molecule has 3 rings (SSSR count). The van der Waals surface area contributed by atoms with E-state index in [1.165, 1.54) is 25.3 Å². The maximum atomic E-state index is 13.1. The maximum absolute atomic E-state index is 13.1. The zero-order chi connectivity index (χ0) is 25.4. The molecular weight excluding hydrogens is 490 g/mol. The van der Waals surface area contributed by atoms with Crippen molar-refractivity contribution in [2.24, 2.45) is 0 Å². The van der Waals surface area contributed by atoms with E-state index in [-0.39, 0.29) is 27.7 Å². The number of benzene rings is 3. The van der Waals surface area contributed by atoms with Gasteiger partial charge in [0.15, 0.2) is 0 Å². The summed E-state index contributed by atoms with van der Waals surface area (Å²) in [6.45, 7) is 2.80. The third-order valence-electron chi connectivity index (χ3n) is 5.37. The minimum Gasteiger partial charge on any atom is -0.496 e. The number of aliphatic hydroxyl groups excluding tert-OH is 1. The number of ether oxygens (including phenoxy) is 2. The summed E-state index contributed by atoms with van der Waals surface area (Å²) in [5.41, 5.74) is 1.73. The van der Waals surface area contributed by atoms with Crippen LogP contribution in [0.3, 0.4) is 0 Å². The standard InChI is InChI=1S/C26H28ClNO6S/c1-3-34-26(30)23-16-22(11-12-25(23)33-2)35(31,32)21-9-7-18(8-10-21)13-14-28-17-24(29)19-5-4-6-20(27)15-19/h4-12,15-16,24,28-29H,3,13-14,17H2,1-2H3/t24-/m1/s1. The summed E-state index contributed by atoms with van der Waals surface area (Å²) in [5.74, 6) is -0.407. The Hall–Kier alpha value is -2.91. The van der Waals surface area contributed by atoms with E-state index in [0.29, 0.717) is 24.5 Å². The fourth-order valence-corrected chi connectivity index (χ4v) is 4.98. The summed E-state index contributed by atoms with van der Waals surface area (Å²) in [5, 5.41) is 14.0. The fourth-order valence-electron chi connectivity index (χ4n) is 3.50.